The minimum atomic E-state index is 0.0633. The SMILES string of the molecule is O=C1C=CCC12CCC1(CCCC1)CC2. The third-order valence-corrected chi connectivity index (χ3v) is 5.23. The van der Waals surface area contributed by atoms with Gasteiger partial charge in [-0.1, -0.05) is 18.9 Å². The molecule has 2 fully saturated rings. The van der Waals surface area contributed by atoms with Crippen LogP contribution in [0.4, 0.5) is 0 Å². The average Bonchev–Trinajstić information content (AvgIpc) is 2.82. The third kappa shape index (κ3) is 1.39. The van der Waals surface area contributed by atoms with Crippen LogP contribution in [0, 0.1) is 10.8 Å². The van der Waals surface area contributed by atoms with E-state index in [9.17, 15) is 4.79 Å². The highest BCUT2D eigenvalue weighted by Gasteiger charge is 2.47. The van der Waals surface area contributed by atoms with Crippen LogP contribution in [0.3, 0.4) is 0 Å². The van der Waals surface area contributed by atoms with Crippen LogP contribution in [-0.4, -0.2) is 5.78 Å². The van der Waals surface area contributed by atoms with Crippen molar-refractivity contribution >= 4 is 5.78 Å². The van der Waals surface area contributed by atoms with Gasteiger partial charge in [-0.15, -0.1) is 0 Å². The lowest BCUT2D eigenvalue weighted by Crippen LogP contribution is -2.35. The van der Waals surface area contributed by atoms with Crippen molar-refractivity contribution < 1.29 is 4.79 Å². The summed E-state index contributed by atoms with van der Waals surface area (Å²) in [5.74, 6) is 0.426. The molecular formula is C14H20O. The van der Waals surface area contributed by atoms with Crippen LogP contribution in [0.1, 0.15) is 57.8 Å². The summed E-state index contributed by atoms with van der Waals surface area (Å²) in [5, 5.41) is 0. The number of rotatable bonds is 0. The molecule has 3 rings (SSSR count). The molecule has 0 N–H and O–H groups in total. The fraction of sp³-hybridized carbons (Fsp3) is 0.786. The first-order valence-corrected chi connectivity index (χ1v) is 6.46. The zero-order valence-electron chi connectivity index (χ0n) is 9.43. The van der Waals surface area contributed by atoms with Gasteiger partial charge in [-0.3, -0.25) is 4.79 Å². The number of carbonyl (C=O) groups is 1. The molecule has 15 heavy (non-hydrogen) atoms. The Bertz CT molecular complexity index is 297. The van der Waals surface area contributed by atoms with E-state index in [1.165, 1.54) is 51.4 Å². The van der Waals surface area contributed by atoms with Gasteiger partial charge in [0.05, 0.1) is 0 Å². The average molecular weight is 204 g/mol. The Hall–Kier alpha value is -0.590. The second-order valence-electron chi connectivity index (χ2n) is 5.96. The third-order valence-electron chi connectivity index (χ3n) is 5.23. The van der Waals surface area contributed by atoms with Crippen LogP contribution in [0.15, 0.2) is 12.2 Å². The largest absolute Gasteiger partial charge is 0.294 e. The molecule has 1 nitrogen and oxygen atoms in total. The minimum absolute atomic E-state index is 0.0633. The van der Waals surface area contributed by atoms with Gasteiger partial charge in [-0.25, -0.2) is 0 Å². The molecule has 0 amide bonds. The molecule has 0 unspecified atom stereocenters. The zero-order chi connectivity index (χ0) is 10.4. The van der Waals surface area contributed by atoms with Crippen LogP contribution in [-0.2, 0) is 4.79 Å². The van der Waals surface area contributed by atoms with E-state index in [2.05, 4.69) is 6.08 Å². The van der Waals surface area contributed by atoms with Crippen molar-refractivity contribution in [3.8, 4) is 0 Å². The molecule has 0 aromatic carbocycles. The smallest absolute Gasteiger partial charge is 0.161 e. The minimum Gasteiger partial charge on any atom is -0.294 e. The van der Waals surface area contributed by atoms with E-state index in [0.717, 1.165) is 6.42 Å². The number of hydrogen-bond donors (Lipinski definition) is 0. The molecule has 0 heterocycles. The predicted molar refractivity (Wildman–Crippen MR) is 60.6 cm³/mol. The summed E-state index contributed by atoms with van der Waals surface area (Å²) < 4.78 is 0. The van der Waals surface area contributed by atoms with Gasteiger partial charge in [0, 0.05) is 5.41 Å². The zero-order valence-corrected chi connectivity index (χ0v) is 9.43. The van der Waals surface area contributed by atoms with Gasteiger partial charge in [0.25, 0.3) is 0 Å². The highest BCUT2D eigenvalue weighted by Crippen LogP contribution is 2.56. The molecule has 3 aliphatic rings. The van der Waals surface area contributed by atoms with Crippen molar-refractivity contribution in [1.82, 2.24) is 0 Å². The highest BCUT2D eigenvalue weighted by molar-refractivity contribution is 5.97. The Labute approximate surface area is 91.9 Å². The quantitative estimate of drug-likeness (QED) is 0.589. The van der Waals surface area contributed by atoms with Crippen molar-refractivity contribution in [2.45, 2.75) is 57.8 Å². The van der Waals surface area contributed by atoms with Crippen LogP contribution in [0.2, 0.25) is 0 Å². The molecule has 0 aromatic rings. The number of ketones is 1. The van der Waals surface area contributed by atoms with Gasteiger partial charge in [0.2, 0.25) is 0 Å². The Kier molecular flexibility index (Phi) is 2.05. The van der Waals surface area contributed by atoms with E-state index in [1.807, 2.05) is 6.08 Å². The van der Waals surface area contributed by atoms with Gasteiger partial charge >= 0.3 is 0 Å². The van der Waals surface area contributed by atoms with Crippen LogP contribution in [0.25, 0.3) is 0 Å². The normalized spacial score (nSPS) is 31.9. The lowest BCUT2D eigenvalue weighted by atomic mass is 9.61. The summed E-state index contributed by atoms with van der Waals surface area (Å²) in [5.41, 5.74) is 0.724. The van der Waals surface area contributed by atoms with E-state index in [0.29, 0.717) is 11.2 Å². The van der Waals surface area contributed by atoms with Crippen molar-refractivity contribution in [2.24, 2.45) is 10.8 Å². The molecular weight excluding hydrogens is 184 g/mol. The summed E-state index contributed by atoms with van der Waals surface area (Å²) in [7, 11) is 0. The van der Waals surface area contributed by atoms with E-state index in [4.69, 9.17) is 0 Å². The van der Waals surface area contributed by atoms with Crippen LogP contribution in [0.5, 0.6) is 0 Å². The second kappa shape index (κ2) is 3.20. The van der Waals surface area contributed by atoms with E-state index in [-0.39, 0.29) is 5.41 Å². The van der Waals surface area contributed by atoms with Crippen molar-refractivity contribution in [3.05, 3.63) is 12.2 Å². The maximum Gasteiger partial charge on any atom is 0.161 e. The summed E-state index contributed by atoms with van der Waals surface area (Å²) in [6.07, 6.45) is 15.6. The molecule has 0 aliphatic heterocycles. The van der Waals surface area contributed by atoms with Crippen LogP contribution >= 0.6 is 0 Å². The Morgan fingerprint density at radius 1 is 0.933 bits per heavy atom. The molecule has 0 atom stereocenters. The van der Waals surface area contributed by atoms with Gasteiger partial charge < -0.3 is 0 Å². The predicted octanol–water partition coefficient (Wildman–Crippen LogP) is 3.64. The topological polar surface area (TPSA) is 17.1 Å². The molecule has 0 bridgehead atoms. The lowest BCUT2D eigenvalue weighted by molar-refractivity contribution is -0.125. The number of carbonyl (C=O) groups excluding carboxylic acids is 1. The summed E-state index contributed by atoms with van der Waals surface area (Å²) in [6, 6.07) is 0. The fourth-order valence-corrected chi connectivity index (χ4v) is 4.00. The molecule has 0 saturated heterocycles. The Morgan fingerprint density at radius 2 is 1.60 bits per heavy atom. The molecule has 2 spiro atoms. The first-order valence-electron chi connectivity index (χ1n) is 6.46. The van der Waals surface area contributed by atoms with Crippen molar-refractivity contribution in [1.29, 1.82) is 0 Å². The Morgan fingerprint density at radius 3 is 2.13 bits per heavy atom. The standard InChI is InChI=1S/C14H20O/c15-12-4-3-7-14(12)10-8-13(9-11-14)5-1-2-6-13/h3-4H,1-2,5-11H2. The maximum atomic E-state index is 11.9. The maximum absolute atomic E-state index is 11.9. The second-order valence-corrected chi connectivity index (χ2v) is 5.96. The van der Waals surface area contributed by atoms with Gasteiger partial charge in [-0.2, -0.15) is 0 Å². The van der Waals surface area contributed by atoms with Gasteiger partial charge in [0.1, 0.15) is 0 Å². The summed E-state index contributed by atoms with van der Waals surface area (Å²) >= 11 is 0. The molecule has 0 aromatic heterocycles. The van der Waals surface area contributed by atoms with E-state index < -0.39 is 0 Å². The number of allylic oxidation sites excluding steroid dienone is 2. The molecule has 2 saturated carbocycles. The monoisotopic (exact) mass is 204 g/mol. The fourth-order valence-electron chi connectivity index (χ4n) is 4.00. The van der Waals surface area contributed by atoms with Crippen molar-refractivity contribution in [2.75, 3.05) is 0 Å². The lowest BCUT2D eigenvalue weighted by Gasteiger charge is -2.42. The van der Waals surface area contributed by atoms with Crippen molar-refractivity contribution in [3.63, 3.8) is 0 Å². The molecule has 0 radical (unpaired) electrons. The first-order chi connectivity index (χ1) is 7.25. The van der Waals surface area contributed by atoms with E-state index >= 15 is 0 Å². The van der Waals surface area contributed by atoms with Gasteiger partial charge in [-0.05, 0) is 56.4 Å². The Balaban J connectivity index is 1.72. The number of hydrogen-bond acceptors (Lipinski definition) is 1. The first kappa shape index (κ1) is 9.62. The molecule has 3 aliphatic carbocycles. The molecule has 82 valence electrons. The molecule has 1 heteroatoms. The van der Waals surface area contributed by atoms with Gasteiger partial charge in [0.15, 0.2) is 5.78 Å². The summed E-state index contributed by atoms with van der Waals surface area (Å²) in [4.78, 5) is 11.9. The van der Waals surface area contributed by atoms with E-state index in [1.54, 1.807) is 0 Å². The van der Waals surface area contributed by atoms with Crippen LogP contribution < -0.4 is 0 Å². The summed E-state index contributed by atoms with van der Waals surface area (Å²) in [6.45, 7) is 0. The highest BCUT2D eigenvalue weighted by atomic mass is 16.1.